The summed E-state index contributed by atoms with van der Waals surface area (Å²) in [5.41, 5.74) is 4.18. The Morgan fingerprint density at radius 1 is 1.11 bits per heavy atom. The van der Waals surface area contributed by atoms with Crippen molar-refractivity contribution in [1.82, 2.24) is 0 Å². The van der Waals surface area contributed by atoms with Crippen molar-refractivity contribution in [2.24, 2.45) is 0 Å². The Morgan fingerprint density at radius 2 is 1.95 bits per heavy atom. The second-order valence-electron chi connectivity index (χ2n) is 5.21. The van der Waals surface area contributed by atoms with Gasteiger partial charge in [-0.3, -0.25) is 0 Å². The summed E-state index contributed by atoms with van der Waals surface area (Å²) < 4.78 is 1.18. The molecule has 0 amide bonds. The molecule has 1 aliphatic rings. The first-order valence-corrected chi connectivity index (χ1v) is 7.69. The first-order valence-electron chi connectivity index (χ1n) is 6.90. The third kappa shape index (κ3) is 3.19. The molecule has 0 saturated carbocycles. The minimum absolute atomic E-state index is 0.605. The fraction of sp³-hybridized carbons (Fsp3) is 0.294. The molecule has 1 nitrogen and oxygen atoms in total. The molecule has 2 heteroatoms. The lowest BCUT2D eigenvalue weighted by Gasteiger charge is -2.27. The van der Waals surface area contributed by atoms with E-state index in [2.05, 4.69) is 69.8 Å². The van der Waals surface area contributed by atoms with Gasteiger partial charge in [-0.15, -0.1) is 0 Å². The van der Waals surface area contributed by atoms with E-state index < -0.39 is 0 Å². The summed E-state index contributed by atoms with van der Waals surface area (Å²) in [4.78, 5) is 0. The zero-order chi connectivity index (χ0) is 13.1. The molecular formula is C17H18BrN. The maximum absolute atomic E-state index is 3.67. The van der Waals surface area contributed by atoms with Crippen molar-refractivity contribution < 1.29 is 0 Å². The Kier molecular flexibility index (Phi) is 3.88. The van der Waals surface area contributed by atoms with Crippen LogP contribution in [0.1, 0.15) is 24.0 Å². The lowest BCUT2D eigenvalue weighted by Crippen LogP contribution is -2.25. The van der Waals surface area contributed by atoms with E-state index in [1.807, 2.05) is 0 Å². The molecule has 0 aromatic heterocycles. The minimum atomic E-state index is 0.605. The molecule has 3 rings (SSSR count). The third-order valence-corrected chi connectivity index (χ3v) is 4.31. The van der Waals surface area contributed by atoms with Crippen LogP contribution in [0.25, 0.3) is 0 Å². The molecule has 0 radical (unpaired) electrons. The molecule has 0 saturated heterocycles. The molecule has 0 fully saturated rings. The normalized spacial score (nSPS) is 17.6. The van der Waals surface area contributed by atoms with Gasteiger partial charge in [0, 0.05) is 16.2 Å². The van der Waals surface area contributed by atoms with Gasteiger partial charge in [0.25, 0.3) is 0 Å². The van der Waals surface area contributed by atoms with Gasteiger partial charge in [0.05, 0.1) is 0 Å². The zero-order valence-corrected chi connectivity index (χ0v) is 12.5. The van der Waals surface area contributed by atoms with Gasteiger partial charge in [-0.2, -0.15) is 0 Å². The molecular weight excluding hydrogens is 298 g/mol. The number of fused-ring (bicyclic) bond motifs is 1. The number of halogens is 1. The number of nitrogens with one attached hydrogen (secondary N) is 1. The molecule has 1 unspecified atom stereocenters. The zero-order valence-electron chi connectivity index (χ0n) is 10.9. The van der Waals surface area contributed by atoms with Gasteiger partial charge in [0.15, 0.2) is 0 Å². The number of anilines is 1. The van der Waals surface area contributed by atoms with Crippen molar-refractivity contribution in [3.8, 4) is 0 Å². The Balaban J connectivity index is 1.61. The molecule has 0 spiro atoms. The number of hydrogen-bond donors (Lipinski definition) is 1. The van der Waals surface area contributed by atoms with E-state index in [-0.39, 0.29) is 0 Å². The first kappa shape index (κ1) is 12.7. The Morgan fingerprint density at radius 3 is 2.79 bits per heavy atom. The largest absolute Gasteiger partial charge is 0.382 e. The highest BCUT2D eigenvalue weighted by Gasteiger charge is 2.17. The molecule has 2 aromatic rings. The fourth-order valence-electron chi connectivity index (χ4n) is 2.73. The van der Waals surface area contributed by atoms with E-state index in [4.69, 9.17) is 0 Å². The average Bonchev–Trinajstić information content (AvgIpc) is 2.46. The quantitative estimate of drug-likeness (QED) is 0.857. The maximum atomic E-state index is 3.67. The van der Waals surface area contributed by atoms with Crippen molar-refractivity contribution in [3.05, 3.63) is 64.1 Å². The summed E-state index contributed by atoms with van der Waals surface area (Å²) >= 11 is 3.54. The topological polar surface area (TPSA) is 12.0 Å². The molecule has 0 aliphatic carbocycles. The summed E-state index contributed by atoms with van der Waals surface area (Å²) in [6, 6.07) is 17.9. The Hall–Kier alpha value is -1.28. The van der Waals surface area contributed by atoms with E-state index in [0.717, 1.165) is 6.42 Å². The highest BCUT2D eigenvalue weighted by Crippen LogP contribution is 2.29. The number of hydrogen-bond acceptors (Lipinski definition) is 1. The fourth-order valence-corrected chi connectivity index (χ4v) is 3.14. The molecule has 1 atom stereocenters. The SMILES string of the molecule is Brc1ccc2c(c1)CCC(CCc1ccccc1)N2. The monoisotopic (exact) mass is 315 g/mol. The maximum Gasteiger partial charge on any atom is 0.0375 e. The predicted octanol–water partition coefficient (Wildman–Crippen LogP) is 4.81. The van der Waals surface area contributed by atoms with Gasteiger partial charge in [0.1, 0.15) is 0 Å². The van der Waals surface area contributed by atoms with Crippen LogP contribution in [-0.2, 0) is 12.8 Å². The van der Waals surface area contributed by atoms with Crippen LogP contribution in [0, 0.1) is 0 Å². The molecule has 1 aliphatic heterocycles. The van der Waals surface area contributed by atoms with Crippen LogP contribution in [0.5, 0.6) is 0 Å². The summed E-state index contributed by atoms with van der Waals surface area (Å²) in [6.45, 7) is 0. The van der Waals surface area contributed by atoms with E-state index >= 15 is 0 Å². The summed E-state index contributed by atoms with van der Waals surface area (Å²) in [5.74, 6) is 0. The van der Waals surface area contributed by atoms with E-state index in [1.165, 1.54) is 40.5 Å². The summed E-state index contributed by atoms with van der Waals surface area (Å²) in [7, 11) is 0. The van der Waals surface area contributed by atoms with Crippen molar-refractivity contribution in [2.75, 3.05) is 5.32 Å². The molecule has 19 heavy (non-hydrogen) atoms. The van der Waals surface area contributed by atoms with Gasteiger partial charge < -0.3 is 5.32 Å². The highest BCUT2D eigenvalue weighted by molar-refractivity contribution is 9.10. The first-order chi connectivity index (χ1) is 9.31. The van der Waals surface area contributed by atoms with Crippen molar-refractivity contribution in [2.45, 2.75) is 31.7 Å². The lowest BCUT2D eigenvalue weighted by molar-refractivity contribution is 0.586. The van der Waals surface area contributed by atoms with Crippen LogP contribution >= 0.6 is 15.9 Å². The molecule has 1 N–H and O–H groups in total. The summed E-state index contributed by atoms with van der Waals surface area (Å²) in [6.07, 6.45) is 4.78. The molecule has 1 heterocycles. The third-order valence-electron chi connectivity index (χ3n) is 3.81. The van der Waals surface area contributed by atoms with Crippen molar-refractivity contribution in [1.29, 1.82) is 0 Å². The van der Waals surface area contributed by atoms with E-state index in [1.54, 1.807) is 0 Å². The van der Waals surface area contributed by atoms with Crippen molar-refractivity contribution >= 4 is 21.6 Å². The Labute approximate surface area is 123 Å². The van der Waals surface area contributed by atoms with Crippen LogP contribution in [0.15, 0.2) is 53.0 Å². The van der Waals surface area contributed by atoms with Gasteiger partial charge >= 0.3 is 0 Å². The average molecular weight is 316 g/mol. The number of rotatable bonds is 3. The van der Waals surface area contributed by atoms with Gasteiger partial charge in [-0.05, 0) is 55.0 Å². The number of benzene rings is 2. The second kappa shape index (κ2) is 5.79. The highest BCUT2D eigenvalue weighted by atomic mass is 79.9. The van der Waals surface area contributed by atoms with Gasteiger partial charge in [-0.1, -0.05) is 46.3 Å². The molecule has 0 bridgehead atoms. The van der Waals surface area contributed by atoms with Crippen LogP contribution in [0.3, 0.4) is 0 Å². The van der Waals surface area contributed by atoms with E-state index in [0.29, 0.717) is 6.04 Å². The van der Waals surface area contributed by atoms with Crippen molar-refractivity contribution in [3.63, 3.8) is 0 Å². The van der Waals surface area contributed by atoms with Crippen LogP contribution < -0.4 is 5.32 Å². The predicted molar refractivity (Wildman–Crippen MR) is 84.6 cm³/mol. The summed E-state index contributed by atoms with van der Waals surface area (Å²) in [5, 5.41) is 3.67. The minimum Gasteiger partial charge on any atom is -0.382 e. The van der Waals surface area contributed by atoms with E-state index in [9.17, 15) is 0 Å². The molecule has 98 valence electrons. The van der Waals surface area contributed by atoms with Gasteiger partial charge in [0.2, 0.25) is 0 Å². The van der Waals surface area contributed by atoms with Crippen LogP contribution in [0.2, 0.25) is 0 Å². The lowest BCUT2D eigenvalue weighted by atomic mass is 9.94. The van der Waals surface area contributed by atoms with Crippen LogP contribution in [-0.4, -0.2) is 6.04 Å². The van der Waals surface area contributed by atoms with Crippen LogP contribution in [0.4, 0.5) is 5.69 Å². The van der Waals surface area contributed by atoms with Gasteiger partial charge in [-0.25, -0.2) is 0 Å². The number of aryl methyl sites for hydroxylation is 2. The molecule has 2 aromatic carbocycles. The Bertz CT molecular complexity index is 550. The smallest absolute Gasteiger partial charge is 0.0375 e. The standard InChI is InChI=1S/C17H18BrN/c18-15-8-11-17-14(12-15)7-10-16(19-17)9-6-13-4-2-1-3-5-13/h1-5,8,11-12,16,19H,6-7,9-10H2. The second-order valence-corrected chi connectivity index (χ2v) is 6.12.